The second kappa shape index (κ2) is 12.1. The number of carbonyl (C=O) groups excluding carboxylic acids is 2. The van der Waals surface area contributed by atoms with E-state index in [1.165, 1.54) is 16.8 Å². The monoisotopic (exact) mass is 565 g/mol. The molecule has 0 fully saturated rings. The van der Waals surface area contributed by atoms with Gasteiger partial charge in [0.2, 0.25) is 5.78 Å². The molecule has 3 aromatic carbocycles. The Morgan fingerprint density at radius 3 is 2.35 bits per heavy atom. The van der Waals surface area contributed by atoms with Crippen LogP contribution in [0.4, 0.5) is 19.0 Å². The van der Waals surface area contributed by atoms with Gasteiger partial charge in [0, 0.05) is 29.2 Å². The predicted molar refractivity (Wildman–Crippen MR) is 145 cm³/mol. The van der Waals surface area contributed by atoms with Crippen molar-refractivity contribution in [2.75, 3.05) is 18.4 Å². The molecule has 11 heteroatoms. The van der Waals surface area contributed by atoms with E-state index in [0.29, 0.717) is 22.7 Å². The molecule has 1 amide bonds. The van der Waals surface area contributed by atoms with E-state index in [2.05, 4.69) is 21.8 Å². The smallest absolute Gasteiger partial charge is 0.369 e. The third kappa shape index (κ3) is 6.50. The molecular formula is C29H23ClF3N5O2. The Kier molecular flexibility index (Phi) is 8.55. The highest BCUT2D eigenvalue weighted by atomic mass is 35.5. The summed E-state index contributed by atoms with van der Waals surface area (Å²) >= 11 is 6.02. The van der Waals surface area contributed by atoms with Gasteiger partial charge in [0.05, 0.1) is 11.3 Å². The molecule has 0 unspecified atom stereocenters. The summed E-state index contributed by atoms with van der Waals surface area (Å²) < 4.78 is 40.3. The van der Waals surface area contributed by atoms with Crippen LogP contribution in [0, 0.1) is 18.3 Å². The molecule has 0 spiro atoms. The fourth-order valence-electron chi connectivity index (χ4n) is 3.89. The molecule has 0 atom stereocenters. The normalized spacial score (nSPS) is 11.1. The molecule has 40 heavy (non-hydrogen) atoms. The quantitative estimate of drug-likeness (QED) is 0.186. The van der Waals surface area contributed by atoms with Gasteiger partial charge >= 0.3 is 6.18 Å². The first-order valence-corrected chi connectivity index (χ1v) is 12.6. The highest BCUT2D eigenvalue weighted by molar-refractivity contribution is 6.30. The van der Waals surface area contributed by atoms with Gasteiger partial charge in [0.15, 0.2) is 5.69 Å². The maximum atomic E-state index is 13.3. The lowest BCUT2D eigenvalue weighted by Crippen LogP contribution is -2.26. The number of carbonyl (C=O) groups is 2. The lowest BCUT2D eigenvalue weighted by molar-refractivity contribution is -0.137. The second-order valence-electron chi connectivity index (χ2n) is 8.88. The summed E-state index contributed by atoms with van der Waals surface area (Å²) in [6.45, 7) is 2.30. The van der Waals surface area contributed by atoms with Gasteiger partial charge in [-0.1, -0.05) is 47.5 Å². The Morgan fingerprint density at radius 2 is 1.70 bits per heavy atom. The van der Waals surface area contributed by atoms with Crippen LogP contribution >= 0.6 is 11.6 Å². The fraction of sp³-hybridized carbons (Fsp3) is 0.172. The van der Waals surface area contributed by atoms with E-state index >= 15 is 0 Å². The minimum atomic E-state index is -4.55. The highest BCUT2D eigenvalue weighted by Crippen LogP contribution is 2.30. The molecule has 0 aliphatic heterocycles. The van der Waals surface area contributed by atoms with Crippen molar-refractivity contribution in [3.63, 3.8) is 0 Å². The van der Waals surface area contributed by atoms with Crippen LogP contribution in [0.1, 0.15) is 49.5 Å². The van der Waals surface area contributed by atoms with Crippen LogP contribution in [0.2, 0.25) is 5.02 Å². The number of aryl methyl sites for hydroxylation is 1. The number of nitrogens with one attached hydrogen (secondary N) is 2. The molecule has 7 nitrogen and oxygen atoms in total. The van der Waals surface area contributed by atoms with Crippen molar-refractivity contribution in [3.05, 3.63) is 111 Å². The number of hydrogen-bond acceptors (Lipinski definition) is 5. The number of amides is 1. The van der Waals surface area contributed by atoms with Crippen LogP contribution in [0.25, 0.3) is 5.69 Å². The first-order chi connectivity index (χ1) is 19.1. The summed E-state index contributed by atoms with van der Waals surface area (Å²) in [7, 11) is 0. The van der Waals surface area contributed by atoms with Crippen LogP contribution < -0.4 is 10.6 Å². The number of anilines is 1. The molecular weight excluding hydrogens is 543 g/mol. The molecule has 4 aromatic rings. The summed E-state index contributed by atoms with van der Waals surface area (Å²) in [5.74, 6) is -0.772. The third-order valence-corrected chi connectivity index (χ3v) is 6.23. The summed E-state index contributed by atoms with van der Waals surface area (Å²) in [6.07, 6.45) is -4.19. The lowest BCUT2D eigenvalue weighted by atomic mass is 10.0. The zero-order valence-corrected chi connectivity index (χ0v) is 22.0. The Balaban J connectivity index is 1.50. The number of alkyl halides is 3. The predicted octanol–water partition coefficient (Wildman–Crippen LogP) is 6.19. The minimum Gasteiger partial charge on any atom is -0.369 e. The van der Waals surface area contributed by atoms with Crippen molar-refractivity contribution in [3.8, 4) is 11.8 Å². The number of aromatic nitrogens is 2. The van der Waals surface area contributed by atoms with E-state index < -0.39 is 23.4 Å². The Hall–Kier alpha value is -4.62. The van der Waals surface area contributed by atoms with Gasteiger partial charge < -0.3 is 10.6 Å². The molecule has 0 aliphatic carbocycles. The van der Waals surface area contributed by atoms with Crippen LogP contribution in [-0.4, -0.2) is 34.6 Å². The van der Waals surface area contributed by atoms with Crippen molar-refractivity contribution in [2.45, 2.75) is 19.5 Å². The van der Waals surface area contributed by atoms with E-state index in [4.69, 9.17) is 11.6 Å². The zero-order chi connectivity index (χ0) is 28.9. The van der Waals surface area contributed by atoms with Crippen LogP contribution in [-0.2, 0) is 6.18 Å². The van der Waals surface area contributed by atoms with Gasteiger partial charge in [0.1, 0.15) is 17.5 Å². The van der Waals surface area contributed by atoms with E-state index in [1.54, 1.807) is 48.5 Å². The number of ketones is 1. The van der Waals surface area contributed by atoms with Crippen molar-refractivity contribution in [2.24, 2.45) is 0 Å². The first kappa shape index (κ1) is 28.4. The summed E-state index contributed by atoms with van der Waals surface area (Å²) in [4.78, 5) is 25.6. The average Bonchev–Trinajstić information content (AvgIpc) is 3.31. The van der Waals surface area contributed by atoms with E-state index in [-0.39, 0.29) is 35.7 Å². The Labute approximate surface area is 233 Å². The van der Waals surface area contributed by atoms with Gasteiger partial charge in [0.25, 0.3) is 5.91 Å². The molecule has 0 saturated heterocycles. The summed E-state index contributed by atoms with van der Waals surface area (Å²) in [6, 6.07) is 19.9. The molecule has 2 N–H and O–H groups in total. The molecule has 1 heterocycles. The molecule has 0 bridgehead atoms. The zero-order valence-electron chi connectivity index (χ0n) is 21.2. The van der Waals surface area contributed by atoms with Gasteiger partial charge in [-0.2, -0.15) is 23.5 Å². The molecule has 1 aromatic heterocycles. The molecule has 0 aliphatic rings. The van der Waals surface area contributed by atoms with Crippen LogP contribution in [0.5, 0.6) is 0 Å². The largest absolute Gasteiger partial charge is 0.416 e. The van der Waals surface area contributed by atoms with Crippen molar-refractivity contribution < 1.29 is 22.8 Å². The number of hydrogen-bond donors (Lipinski definition) is 2. The van der Waals surface area contributed by atoms with E-state index in [9.17, 15) is 28.0 Å². The maximum Gasteiger partial charge on any atom is 0.416 e. The Bertz CT molecular complexity index is 1570. The van der Waals surface area contributed by atoms with Crippen molar-refractivity contribution in [1.29, 1.82) is 5.26 Å². The second-order valence-corrected chi connectivity index (χ2v) is 9.32. The third-order valence-electron chi connectivity index (χ3n) is 5.98. The van der Waals surface area contributed by atoms with Crippen molar-refractivity contribution >= 4 is 29.1 Å². The fourth-order valence-corrected chi connectivity index (χ4v) is 4.02. The minimum absolute atomic E-state index is 0.0262. The molecule has 4 rings (SSSR count). The van der Waals surface area contributed by atoms with Gasteiger partial charge in [-0.05, 0) is 55.8 Å². The SMILES string of the molecule is Cc1ccc(C(=O)c2nn(-c3ccc(Cl)cc3)c(NCCCNC(=O)c3cccc(C(F)(F)F)c3)c2C#N)cc1. The summed E-state index contributed by atoms with van der Waals surface area (Å²) in [5, 5.41) is 20.6. The van der Waals surface area contributed by atoms with Gasteiger partial charge in [-0.25, -0.2) is 4.68 Å². The van der Waals surface area contributed by atoms with Gasteiger partial charge in [-0.15, -0.1) is 0 Å². The lowest BCUT2D eigenvalue weighted by Gasteiger charge is -2.11. The number of nitrogens with zero attached hydrogens (tertiary/aromatic N) is 3. The van der Waals surface area contributed by atoms with Crippen molar-refractivity contribution in [1.82, 2.24) is 15.1 Å². The molecule has 0 saturated carbocycles. The van der Waals surface area contributed by atoms with E-state index in [1.807, 2.05) is 6.92 Å². The first-order valence-electron chi connectivity index (χ1n) is 12.2. The number of benzene rings is 3. The van der Waals surface area contributed by atoms with E-state index in [0.717, 1.165) is 17.7 Å². The number of nitriles is 1. The average molecular weight is 566 g/mol. The number of rotatable bonds is 9. The molecule has 0 radical (unpaired) electrons. The van der Waals surface area contributed by atoms with Crippen LogP contribution in [0.3, 0.4) is 0 Å². The topological polar surface area (TPSA) is 99.8 Å². The standard InChI is InChI=1S/C29H23ClF3N5O2/c1-18-6-8-19(9-7-18)26(39)25-24(17-34)27(38(37-25)23-12-10-22(30)11-13-23)35-14-3-15-36-28(40)20-4-2-5-21(16-20)29(31,32)33/h2,4-13,16,35H,3,14-15H2,1H3,(H,36,40). The maximum absolute atomic E-state index is 13.3. The van der Waals surface area contributed by atoms with Crippen LogP contribution in [0.15, 0.2) is 72.8 Å². The highest BCUT2D eigenvalue weighted by Gasteiger charge is 2.31. The van der Waals surface area contributed by atoms with Gasteiger partial charge in [-0.3, -0.25) is 9.59 Å². The Morgan fingerprint density at radius 1 is 1.00 bits per heavy atom. The molecule has 204 valence electrons. The number of halogens is 4. The summed E-state index contributed by atoms with van der Waals surface area (Å²) in [5.41, 5.74) is 0.935.